The second-order valence-electron chi connectivity index (χ2n) is 5.91. The van der Waals surface area contributed by atoms with Crippen LogP contribution in [0.3, 0.4) is 0 Å². The zero-order valence-corrected chi connectivity index (χ0v) is 13.4. The Hall–Kier alpha value is -2.18. The van der Waals surface area contributed by atoms with Crippen molar-refractivity contribution in [3.8, 4) is 11.3 Å². The third-order valence-corrected chi connectivity index (χ3v) is 4.15. The predicted octanol–water partition coefficient (Wildman–Crippen LogP) is 1.78. The highest BCUT2D eigenvalue weighted by atomic mass is 16.5. The molecule has 2 heterocycles. The molecule has 3 rings (SSSR count). The summed E-state index contributed by atoms with van der Waals surface area (Å²) in [6.07, 6.45) is -0.883. The Morgan fingerprint density at radius 3 is 2.48 bits per heavy atom. The number of benzene rings is 1. The maximum atomic E-state index is 13.0. The molecule has 0 saturated carbocycles. The van der Waals surface area contributed by atoms with Gasteiger partial charge in [0.15, 0.2) is 5.76 Å². The van der Waals surface area contributed by atoms with E-state index in [0.29, 0.717) is 24.3 Å². The molecule has 122 valence electrons. The van der Waals surface area contributed by atoms with Crippen LogP contribution in [0, 0.1) is 0 Å². The van der Waals surface area contributed by atoms with Crippen molar-refractivity contribution in [2.75, 3.05) is 33.2 Å². The Bertz CT molecular complexity index is 674. The summed E-state index contributed by atoms with van der Waals surface area (Å²) in [5.74, 6) is 0.0990. The summed E-state index contributed by atoms with van der Waals surface area (Å²) in [4.78, 5) is 17.0. The molecular weight excluding hydrogens is 294 g/mol. The Morgan fingerprint density at radius 2 is 1.87 bits per heavy atom. The lowest BCUT2D eigenvalue weighted by atomic mass is 10.0. The number of aromatic nitrogens is 1. The number of amides is 1. The fourth-order valence-electron chi connectivity index (χ4n) is 2.76. The van der Waals surface area contributed by atoms with Crippen LogP contribution >= 0.6 is 0 Å². The predicted molar refractivity (Wildman–Crippen MR) is 86.0 cm³/mol. The topological polar surface area (TPSA) is 69.8 Å². The number of aliphatic hydroxyl groups excluding tert-OH is 1. The Kier molecular flexibility index (Phi) is 4.45. The summed E-state index contributed by atoms with van der Waals surface area (Å²) in [5.41, 5.74) is 1.67. The lowest BCUT2D eigenvalue weighted by molar-refractivity contribution is 0.0654. The third-order valence-electron chi connectivity index (χ3n) is 4.15. The van der Waals surface area contributed by atoms with Gasteiger partial charge in [0.1, 0.15) is 17.4 Å². The molecule has 2 aromatic rings. The zero-order valence-electron chi connectivity index (χ0n) is 13.4. The van der Waals surface area contributed by atoms with Gasteiger partial charge in [0.2, 0.25) is 0 Å². The highest BCUT2D eigenvalue weighted by molar-refractivity contribution is 6.01. The molecule has 1 aliphatic heterocycles. The Balaban J connectivity index is 1.99. The highest BCUT2D eigenvalue weighted by Crippen LogP contribution is 2.30. The molecule has 1 aromatic heterocycles. The van der Waals surface area contributed by atoms with E-state index in [1.165, 1.54) is 0 Å². The van der Waals surface area contributed by atoms with Crippen LogP contribution in [0.25, 0.3) is 11.3 Å². The van der Waals surface area contributed by atoms with Gasteiger partial charge in [-0.1, -0.05) is 35.5 Å². The number of likely N-dealkylation sites (N-methyl/N-ethyl adjacent to an activating group) is 1. The minimum atomic E-state index is -0.883. The van der Waals surface area contributed by atoms with E-state index in [-0.39, 0.29) is 11.7 Å². The van der Waals surface area contributed by atoms with E-state index >= 15 is 0 Å². The second-order valence-corrected chi connectivity index (χ2v) is 5.91. The molecule has 1 aromatic carbocycles. The minimum absolute atomic E-state index is 0.130. The molecule has 6 nitrogen and oxygen atoms in total. The van der Waals surface area contributed by atoms with Crippen LogP contribution in [0.1, 0.15) is 29.1 Å². The molecule has 0 unspecified atom stereocenters. The maximum absolute atomic E-state index is 13.0. The summed E-state index contributed by atoms with van der Waals surface area (Å²) in [5, 5.41) is 14.0. The summed E-state index contributed by atoms with van der Waals surface area (Å²) >= 11 is 0. The van der Waals surface area contributed by atoms with Crippen molar-refractivity contribution < 1.29 is 14.4 Å². The molecule has 23 heavy (non-hydrogen) atoms. The summed E-state index contributed by atoms with van der Waals surface area (Å²) < 4.78 is 5.29. The van der Waals surface area contributed by atoms with Gasteiger partial charge in [-0.05, 0) is 14.0 Å². The van der Waals surface area contributed by atoms with Gasteiger partial charge in [-0.15, -0.1) is 0 Å². The van der Waals surface area contributed by atoms with Gasteiger partial charge < -0.3 is 19.4 Å². The highest BCUT2D eigenvalue weighted by Gasteiger charge is 2.30. The van der Waals surface area contributed by atoms with E-state index in [0.717, 1.165) is 18.7 Å². The van der Waals surface area contributed by atoms with E-state index < -0.39 is 6.10 Å². The minimum Gasteiger partial charge on any atom is -0.385 e. The molecule has 1 amide bonds. The van der Waals surface area contributed by atoms with Gasteiger partial charge in [-0.3, -0.25) is 4.79 Å². The van der Waals surface area contributed by atoms with E-state index in [4.69, 9.17) is 4.52 Å². The molecule has 0 bridgehead atoms. The molecule has 1 atom stereocenters. The number of carbonyl (C=O) groups is 1. The van der Waals surface area contributed by atoms with E-state index in [2.05, 4.69) is 10.1 Å². The van der Waals surface area contributed by atoms with Crippen LogP contribution in [-0.4, -0.2) is 59.2 Å². The van der Waals surface area contributed by atoms with Crippen molar-refractivity contribution in [2.24, 2.45) is 0 Å². The first kappa shape index (κ1) is 15.7. The maximum Gasteiger partial charge on any atom is 0.259 e. The summed E-state index contributed by atoms with van der Waals surface area (Å²) in [7, 11) is 2.04. The molecular formula is C17H21N3O3. The average molecular weight is 315 g/mol. The number of piperazine rings is 1. The van der Waals surface area contributed by atoms with E-state index in [1.54, 1.807) is 11.8 Å². The molecule has 1 saturated heterocycles. The van der Waals surface area contributed by atoms with Gasteiger partial charge in [0.05, 0.1) is 0 Å². The molecule has 0 spiro atoms. The summed E-state index contributed by atoms with van der Waals surface area (Å²) in [6, 6.07) is 9.43. The number of aliphatic hydroxyl groups is 1. The monoisotopic (exact) mass is 315 g/mol. The van der Waals surface area contributed by atoms with Crippen molar-refractivity contribution in [2.45, 2.75) is 13.0 Å². The van der Waals surface area contributed by atoms with Crippen LogP contribution in [0.5, 0.6) is 0 Å². The van der Waals surface area contributed by atoms with Crippen LogP contribution in [-0.2, 0) is 0 Å². The number of rotatable bonds is 3. The van der Waals surface area contributed by atoms with Crippen molar-refractivity contribution >= 4 is 5.91 Å². The van der Waals surface area contributed by atoms with Crippen LogP contribution in [0.15, 0.2) is 34.9 Å². The number of hydrogen-bond donors (Lipinski definition) is 1. The fourth-order valence-corrected chi connectivity index (χ4v) is 2.76. The largest absolute Gasteiger partial charge is 0.385 e. The third kappa shape index (κ3) is 3.13. The van der Waals surface area contributed by atoms with Gasteiger partial charge >= 0.3 is 0 Å². The lowest BCUT2D eigenvalue weighted by Crippen LogP contribution is -2.47. The first-order valence-electron chi connectivity index (χ1n) is 7.79. The molecule has 0 aliphatic carbocycles. The number of nitrogens with zero attached hydrogens (tertiary/aromatic N) is 3. The van der Waals surface area contributed by atoms with Gasteiger partial charge in [0, 0.05) is 31.7 Å². The number of hydrogen-bond acceptors (Lipinski definition) is 5. The van der Waals surface area contributed by atoms with Crippen LogP contribution < -0.4 is 0 Å². The van der Waals surface area contributed by atoms with Crippen molar-refractivity contribution in [3.63, 3.8) is 0 Å². The second kappa shape index (κ2) is 6.52. The molecule has 1 N–H and O–H groups in total. The van der Waals surface area contributed by atoms with Gasteiger partial charge in [-0.25, -0.2) is 0 Å². The van der Waals surface area contributed by atoms with Crippen LogP contribution in [0.4, 0.5) is 0 Å². The Labute approximate surface area is 135 Å². The van der Waals surface area contributed by atoms with Crippen molar-refractivity contribution in [1.29, 1.82) is 0 Å². The smallest absolute Gasteiger partial charge is 0.259 e. The number of carbonyl (C=O) groups excluding carboxylic acids is 1. The molecule has 1 aliphatic rings. The fraction of sp³-hybridized carbons (Fsp3) is 0.412. The first-order valence-corrected chi connectivity index (χ1v) is 7.79. The normalized spacial score (nSPS) is 17.3. The van der Waals surface area contributed by atoms with Crippen LogP contribution in [0.2, 0.25) is 0 Å². The first-order chi connectivity index (χ1) is 11.1. The SMILES string of the molecule is C[C@H](O)c1onc(-c2ccccc2)c1C(=O)N1CCN(C)CC1. The van der Waals surface area contributed by atoms with Crippen molar-refractivity contribution in [1.82, 2.24) is 15.0 Å². The van der Waals surface area contributed by atoms with Gasteiger partial charge in [-0.2, -0.15) is 0 Å². The van der Waals surface area contributed by atoms with E-state index in [1.807, 2.05) is 37.4 Å². The Morgan fingerprint density at radius 1 is 1.22 bits per heavy atom. The summed E-state index contributed by atoms with van der Waals surface area (Å²) in [6.45, 7) is 4.57. The average Bonchev–Trinajstić information content (AvgIpc) is 3.01. The quantitative estimate of drug-likeness (QED) is 0.935. The zero-order chi connectivity index (χ0) is 16.4. The molecule has 0 radical (unpaired) electrons. The molecule has 6 heteroatoms. The van der Waals surface area contributed by atoms with Crippen molar-refractivity contribution in [3.05, 3.63) is 41.7 Å². The van der Waals surface area contributed by atoms with E-state index in [9.17, 15) is 9.90 Å². The lowest BCUT2D eigenvalue weighted by Gasteiger charge is -2.32. The molecule has 1 fully saturated rings. The standard InChI is InChI=1S/C17H21N3O3/c1-12(21)16-14(17(22)20-10-8-19(2)9-11-20)15(18-23-16)13-6-4-3-5-7-13/h3-7,12,21H,8-11H2,1-2H3/t12-/m0/s1. The van der Waals surface area contributed by atoms with Gasteiger partial charge in [0.25, 0.3) is 5.91 Å².